The van der Waals surface area contributed by atoms with Crippen molar-refractivity contribution in [1.82, 2.24) is 10.3 Å². The second-order valence-electron chi connectivity index (χ2n) is 3.66. The molecule has 0 unspecified atom stereocenters. The van der Waals surface area contributed by atoms with Gasteiger partial charge in [-0.3, -0.25) is 9.78 Å². The van der Waals surface area contributed by atoms with Crippen molar-refractivity contribution in [2.75, 3.05) is 7.05 Å². The maximum Gasteiger partial charge on any atom is 0.251 e. The Morgan fingerprint density at radius 1 is 1.35 bits per heavy atom. The van der Waals surface area contributed by atoms with Crippen LogP contribution in [0.1, 0.15) is 15.9 Å². The number of aromatic hydroxyl groups is 1. The Bertz CT molecular complexity index is 588. The number of phenols is 1. The van der Waals surface area contributed by atoms with Crippen LogP contribution in [-0.2, 0) is 0 Å². The van der Waals surface area contributed by atoms with E-state index in [1.807, 2.05) is 0 Å². The molecule has 0 fully saturated rings. The van der Waals surface area contributed by atoms with Gasteiger partial charge in [0.05, 0.1) is 0 Å². The molecule has 6 heteroatoms. The molecule has 5 nitrogen and oxygen atoms in total. The van der Waals surface area contributed by atoms with Gasteiger partial charge < -0.3 is 15.8 Å². The maximum atomic E-state index is 10.9. The van der Waals surface area contributed by atoms with Crippen LogP contribution in [-0.4, -0.2) is 29.3 Å². The summed E-state index contributed by atoms with van der Waals surface area (Å²) in [7, 11) is 1.60. The summed E-state index contributed by atoms with van der Waals surface area (Å²) < 4.78 is 0. The molecular weight excluding hydrogens is 278 g/mol. The number of pyridine rings is 1. The van der Waals surface area contributed by atoms with Crippen LogP contribution < -0.4 is 5.32 Å². The molecule has 104 valence electrons. The number of benzene rings is 1. The minimum atomic E-state index is -0.0811. The third-order valence-electron chi connectivity index (χ3n) is 2.31. The summed E-state index contributed by atoms with van der Waals surface area (Å²) in [6.07, 6.45) is 4.23. The highest BCUT2D eigenvalue weighted by molar-refractivity contribution is 6.30. The van der Waals surface area contributed by atoms with Crippen molar-refractivity contribution in [2.45, 2.75) is 0 Å². The highest BCUT2D eigenvalue weighted by Crippen LogP contribution is 2.18. The van der Waals surface area contributed by atoms with Gasteiger partial charge in [-0.1, -0.05) is 11.6 Å². The Balaban J connectivity index is 0.000000200. The zero-order valence-electron chi connectivity index (χ0n) is 10.8. The average Bonchev–Trinajstić information content (AvgIpc) is 2.50. The van der Waals surface area contributed by atoms with E-state index in [0.717, 1.165) is 6.21 Å². The minimum Gasteiger partial charge on any atom is -0.507 e. The van der Waals surface area contributed by atoms with Gasteiger partial charge in [0.25, 0.3) is 5.91 Å². The first-order valence-electron chi connectivity index (χ1n) is 5.69. The summed E-state index contributed by atoms with van der Waals surface area (Å²) in [6, 6.07) is 7.90. The molecule has 0 saturated carbocycles. The van der Waals surface area contributed by atoms with E-state index in [2.05, 4.69) is 10.3 Å². The maximum absolute atomic E-state index is 10.9. The van der Waals surface area contributed by atoms with Gasteiger partial charge in [-0.25, -0.2) is 0 Å². The Kier molecular flexibility index (Phi) is 6.19. The number of nitrogens with one attached hydrogen (secondary N) is 2. The number of aromatic nitrogens is 1. The Morgan fingerprint density at radius 2 is 2.00 bits per heavy atom. The van der Waals surface area contributed by atoms with E-state index < -0.39 is 0 Å². The van der Waals surface area contributed by atoms with Crippen LogP contribution in [0.4, 0.5) is 0 Å². The number of amides is 1. The van der Waals surface area contributed by atoms with E-state index in [4.69, 9.17) is 22.1 Å². The monoisotopic (exact) mass is 291 g/mol. The SMILES string of the molecule is CNC(=O)c1ccncc1.N=Cc1cc(Cl)ccc1O. The second kappa shape index (κ2) is 7.91. The van der Waals surface area contributed by atoms with Crippen LogP contribution in [0.3, 0.4) is 0 Å². The molecule has 0 aliphatic heterocycles. The molecule has 0 spiro atoms. The highest BCUT2D eigenvalue weighted by Gasteiger charge is 1.98. The summed E-state index contributed by atoms with van der Waals surface area (Å²) in [6.45, 7) is 0. The summed E-state index contributed by atoms with van der Waals surface area (Å²) >= 11 is 5.58. The lowest BCUT2D eigenvalue weighted by Crippen LogP contribution is -2.17. The van der Waals surface area contributed by atoms with Crippen LogP contribution in [0.25, 0.3) is 0 Å². The normalized spacial score (nSPS) is 9.10. The van der Waals surface area contributed by atoms with E-state index in [0.29, 0.717) is 16.1 Å². The number of carbonyl (C=O) groups excluding carboxylic acids is 1. The summed E-state index contributed by atoms with van der Waals surface area (Å²) in [4.78, 5) is 14.7. The van der Waals surface area contributed by atoms with Gasteiger partial charge in [-0.05, 0) is 30.3 Å². The Morgan fingerprint density at radius 3 is 2.50 bits per heavy atom. The van der Waals surface area contributed by atoms with E-state index in [-0.39, 0.29) is 11.7 Å². The molecule has 1 aromatic heterocycles. The van der Waals surface area contributed by atoms with Crippen LogP contribution in [0.2, 0.25) is 5.02 Å². The lowest BCUT2D eigenvalue weighted by molar-refractivity contribution is 0.0963. The van der Waals surface area contributed by atoms with Crippen molar-refractivity contribution < 1.29 is 9.90 Å². The quantitative estimate of drug-likeness (QED) is 0.743. The third-order valence-corrected chi connectivity index (χ3v) is 2.55. The fraction of sp³-hybridized carbons (Fsp3) is 0.0714. The molecule has 1 heterocycles. The molecule has 0 aliphatic rings. The molecule has 2 rings (SSSR count). The summed E-state index contributed by atoms with van der Waals surface area (Å²) in [5.41, 5.74) is 1.07. The first-order chi connectivity index (χ1) is 9.58. The molecule has 0 saturated heterocycles. The Hall–Kier alpha value is -2.40. The minimum absolute atomic E-state index is 0.0811. The van der Waals surface area contributed by atoms with E-state index in [1.54, 1.807) is 37.6 Å². The van der Waals surface area contributed by atoms with Crippen LogP contribution >= 0.6 is 11.6 Å². The molecule has 0 radical (unpaired) electrons. The predicted molar refractivity (Wildman–Crippen MR) is 78.6 cm³/mol. The van der Waals surface area contributed by atoms with Gasteiger partial charge in [-0.15, -0.1) is 0 Å². The molecule has 1 aromatic carbocycles. The molecular formula is C14H14ClN3O2. The topological polar surface area (TPSA) is 86.1 Å². The summed E-state index contributed by atoms with van der Waals surface area (Å²) in [5, 5.41) is 18.9. The highest BCUT2D eigenvalue weighted by atomic mass is 35.5. The first-order valence-corrected chi connectivity index (χ1v) is 6.07. The molecule has 0 atom stereocenters. The number of halogens is 1. The largest absolute Gasteiger partial charge is 0.507 e. The number of rotatable bonds is 2. The van der Waals surface area contributed by atoms with Crippen molar-refractivity contribution in [3.63, 3.8) is 0 Å². The molecule has 0 aliphatic carbocycles. The van der Waals surface area contributed by atoms with E-state index in [9.17, 15) is 4.79 Å². The summed E-state index contributed by atoms with van der Waals surface area (Å²) in [5.74, 6) is 0.00167. The number of hydrogen-bond acceptors (Lipinski definition) is 4. The van der Waals surface area contributed by atoms with Gasteiger partial charge in [0.2, 0.25) is 0 Å². The van der Waals surface area contributed by atoms with Gasteiger partial charge in [0.1, 0.15) is 5.75 Å². The van der Waals surface area contributed by atoms with E-state index >= 15 is 0 Å². The second-order valence-corrected chi connectivity index (χ2v) is 4.10. The number of hydrogen-bond donors (Lipinski definition) is 3. The van der Waals surface area contributed by atoms with E-state index in [1.165, 1.54) is 12.1 Å². The molecule has 3 N–H and O–H groups in total. The number of nitrogens with zero attached hydrogens (tertiary/aromatic N) is 1. The fourth-order valence-electron chi connectivity index (χ4n) is 1.29. The Labute approximate surface area is 121 Å². The van der Waals surface area contributed by atoms with Gasteiger partial charge in [-0.2, -0.15) is 0 Å². The zero-order valence-corrected chi connectivity index (χ0v) is 11.6. The van der Waals surface area contributed by atoms with Crippen LogP contribution in [0.15, 0.2) is 42.7 Å². The van der Waals surface area contributed by atoms with Gasteiger partial charge in [0, 0.05) is 41.8 Å². The lowest BCUT2D eigenvalue weighted by atomic mass is 10.2. The molecule has 0 bridgehead atoms. The average molecular weight is 292 g/mol. The van der Waals surface area contributed by atoms with Crippen molar-refractivity contribution in [2.24, 2.45) is 0 Å². The van der Waals surface area contributed by atoms with Crippen LogP contribution in [0, 0.1) is 5.41 Å². The van der Waals surface area contributed by atoms with Gasteiger partial charge >= 0.3 is 0 Å². The van der Waals surface area contributed by atoms with Crippen molar-refractivity contribution in [3.05, 3.63) is 58.9 Å². The van der Waals surface area contributed by atoms with Crippen molar-refractivity contribution >= 4 is 23.7 Å². The molecule has 2 aromatic rings. The third kappa shape index (κ3) is 4.70. The zero-order chi connectivity index (χ0) is 15.0. The smallest absolute Gasteiger partial charge is 0.251 e. The predicted octanol–water partition coefficient (Wildman–Crippen LogP) is 2.48. The van der Waals surface area contributed by atoms with Crippen LogP contribution in [0.5, 0.6) is 5.75 Å². The fourth-order valence-corrected chi connectivity index (χ4v) is 1.47. The lowest BCUT2D eigenvalue weighted by Gasteiger charge is -1.96. The number of carbonyl (C=O) groups is 1. The molecule has 1 amide bonds. The van der Waals surface area contributed by atoms with Crippen molar-refractivity contribution in [1.29, 1.82) is 5.41 Å². The molecule has 20 heavy (non-hydrogen) atoms. The van der Waals surface area contributed by atoms with Crippen molar-refractivity contribution in [3.8, 4) is 5.75 Å². The standard InChI is InChI=1S/C7H6ClNO.C7H8N2O/c8-6-1-2-7(10)5(3-6)4-9;1-8-7(10)6-2-4-9-5-3-6/h1-4,9-10H;2-5H,1H3,(H,8,10). The first kappa shape index (κ1) is 15.7. The number of phenolic OH excluding ortho intramolecular Hbond substituents is 1. The van der Waals surface area contributed by atoms with Gasteiger partial charge in [0.15, 0.2) is 0 Å².